The van der Waals surface area contributed by atoms with Gasteiger partial charge in [0.2, 0.25) is 0 Å². The van der Waals surface area contributed by atoms with E-state index in [9.17, 15) is 24.8 Å². The van der Waals surface area contributed by atoms with Crippen molar-refractivity contribution in [3.05, 3.63) is 104 Å². The fourth-order valence-corrected chi connectivity index (χ4v) is 6.98. The smallest absolute Gasteiger partial charge is 0.407 e. The summed E-state index contributed by atoms with van der Waals surface area (Å²) >= 11 is 2.94. The maximum absolute atomic E-state index is 13.9. The number of alkyl carbamates (subject to hydrolysis) is 1. The van der Waals surface area contributed by atoms with Crippen LogP contribution in [0.25, 0.3) is 0 Å². The third kappa shape index (κ3) is 13.5. The Labute approximate surface area is 307 Å². The molecule has 13 heteroatoms. The van der Waals surface area contributed by atoms with Crippen molar-refractivity contribution in [2.45, 2.75) is 89.6 Å². The van der Waals surface area contributed by atoms with Gasteiger partial charge in [0, 0.05) is 43.4 Å². The molecule has 4 atom stereocenters. The Morgan fingerprint density at radius 3 is 2.27 bits per heavy atom. The lowest BCUT2D eigenvalue weighted by Crippen LogP contribution is -2.48. The molecule has 3 N–H and O–H groups in total. The second-order valence-corrected chi connectivity index (χ2v) is 14.8. The zero-order chi connectivity index (χ0) is 36.6. The third-order valence-electron chi connectivity index (χ3n) is 8.36. The van der Waals surface area contributed by atoms with E-state index in [4.69, 9.17) is 4.74 Å². The molecule has 0 aliphatic heterocycles. The van der Waals surface area contributed by atoms with E-state index in [0.29, 0.717) is 25.7 Å². The quantitative estimate of drug-likeness (QED) is 0.0907. The predicted octanol–water partition coefficient (Wildman–Crippen LogP) is 6.64. The Hall–Kier alpha value is -4.64. The van der Waals surface area contributed by atoms with Gasteiger partial charge in [0.25, 0.3) is 0 Å². The number of thiazole rings is 2. The molecule has 11 nitrogen and oxygen atoms in total. The number of ether oxygens (including phenoxy) is 1. The summed E-state index contributed by atoms with van der Waals surface area (Å²) < 4.78 is 5.47. The van der Waals surface area contributed by atoms with Crippen LogP contribution in [0.5, 0.6) is 0 Å². The van der Waals surface area contributed by atoms with Crippen LogP contribution in [-0.4, -0.2) is 63.1 Å². The predicted molar refractivity (Wildman–Crippen MR) is 198 cm³/mol. The Morgan fingerprint density at radius 1 is 0.980 bits per heavy atom. The van der Waals surface area contributed by atoms with Gasteiger partial charge in [0.15, 0.2) is 5.78 Å². The highest BCUT2D eigenvalue weighted by atomic mass is 32.1. The van der Waals surface area contributed by atoms with Crippen LogP contribution in [0.3, 0.4) is 0 Å². The maximum Gasteiger partial charge on any atom is 0.407 e. The number of amides is 3. The number of hydrogen-bond acceptors (Lipinski definition) is 10. The topological polar surface area (TPSA) is 158 Å². The minimum atomic E-state index is -1.43. The Bertz CT molecular complexity index is 1690. The largest absolute Gasteiger partial charge is 0.444 e. The molecule has 2 aromatic heterocycles. The number of nitrogens with zero attached hydrogens (tertiary/aromatic N) is 4. The number of nitrogens with one attached hydrogen (secondary N) is 2. The van der Waals surface area contributed by atoms with Gasteiger partial charge in [0.1, 0.15) is 12.7 Å². The summed E-state index contributed by atoms with van der Waals surface area (Å²) in [5, 5.41) is 28.3. The van der Waals surface area contributed by atoms with E-state index in [1.54, 1.807) is 24.8 Å². The average Bonchev–Trinajstić information content (AvgIpc) is 3.83. The summed E-state index contributed by atoms with van der Waals surface area (Å²) in [6, 6.07) is 19.6. The summed E-state index contributed by atoms with van der Waals surface area (Å²) in [5.41, 5.74) is 4.53. The Balaban J connectivity index is 1.46. The molecular formula is C38H46N6O5S2. The number of hydrogen-bond donors (Lipinski definition) is 3. The first kappa shape index (κ1) is 39.2. The molecule has 0 radical (unpaired) electrons. The lowest BCUT2D eigenvalue weighted by molar-refractivity contribution is -0.122. The van der Waals surface area contributed by atoms with Gasteiger partial charge in [-0.1, -0.05) is 74.5 Å². The molecular weight excluding hydrogens is 685 g/mol. The van der Waals surface area contributed by atoms with Gasteiger partial charge in [-0.3, -0.25) is 9.78 Å². The van der Waals surface area contributed by atoms with Crippen LogP contribution in [0.4, 0.5) is 9.59 Å². The average molecular weight is 731 g/mol. The fraction of sp³-hybridized carbons (Fsp3) is 0.421. The number of urea groups is 1. The molecule has 4 aromatic rings. The standard InChI is InChI=1S/C38H46N6O5S2/c1-26(2)36-41-31(24-50-36)22-44(3)37(47)43-34(19-32(45)20-39)35(46)18-29(16-27-10-6-4-7-11-27)14-15-30(17-28-12-8-5-9-13-28)42-38(48)49-23-33-21-40-25-51-33/h4-13,21,24-26,29-30,32,34,45H,14-19,22-23H2,1-3H3,(H,42,48)(H,43,47)/t29-,30-,32?,34+/m1/s1. The molecule has 0 bridgehead atoms. The highest BCUT2D eigenvalue weighted by molar-refractivity contribution is 7.09. The van der Waals surface area contributed by atoms with E-state index >= 15 is 0 Å². The zero-order valence-electron chi connectivity index (χ0n) is 29.2. The van der Waals surface area contributed by atoms with E-state index < -0.39 is 24.3 Å². The number of carbonyl (C=O) groups is 3. The van der Waals surface area contributed by atoms with Crippen molar-refractivity contribution < 1.29 is 24.2 Å². The van der Waals surface area contributed by atoms with Crippen LogP contribution >= 0.6 is 22.7 Å². The Morgan fingerprint density at radius 2 is 1.67 bits per heavy atom. The van der Waals surface area contributed by atoms with Gasteiger partial charge in [-0.2, -0.15) is 5.26 Å². The summed E-state index contributed by atoms with van der Waals surface area (Å²) in [4.78, 5) is 51.0. The molecule has 0 aliphatic rings. The molecule has 0 saturated carbocycles. The molecule has 51 heavy (non-hydrogen) atoms. The van der Waals surface area contributed by atoms with Crippen molar-refractivity contribution in [1.29, 1.82) is 5.26 Å². The van der Waals surface area contributed by atoms with Crippen molar-refractivity contribution in [1.82, 2.24) is 25.5 Å². The van der Waals surface area contributed by atoms with E-state index in [1.165, 1.54) is 27.6 Å². The number of ketones is 1. The molecule has 0 spiro atoms. The number of Topliss-reactive ketones (excluding diaryl/α,β-unsaturated/α-hetero) is 1. The number of aliphatic hydroxyl groups excluding tert-OH is 1. The fourth-order valence-electron chi connectivity index (χ4n) is 5.65. The van der Waals surface area contributed by atoms with Gasteiger partial charge in [-0.15, -0.1) is 22.7 Å². The van der Waals surface area contributed by atoms with Crippen LogP contribution in [0.2, 0.25) is 0 Å². The minimum absolute atomic E-state index is 0.0966. The van der Waals surface area contributed by atoms with E-state index in [2.05, 4.69) is 34.4 Å². The lowest BCUT2D eigenvalue weighted by atomic mass is 9.86. The highest BCUT2D eigenvalue weighted by Gasteiger charge is 2.28. The van der Waals surface area contributed by atoms with Crippen molar-refractivity contribution in [3.8, 4) is 6.07 Å². The third-order valence-corrected chi connectivity index (χ3v) is 10.3. The van der Waals surface area contributed by atoms with Crippen molar-refractivity contribution >= 4 is 40.6 Å². The van der Waals surface area contributed by atoms with E-state index in [-0.39, 0.29) is 49.7 Å². The number of nitriles is 1. The molecule has 1 unspecified atom stereocenters. The Kier molecular flexibility index (Phi) is 15.6. The number of rotatable bonds is 19. The second kappa shape index (κ2) is 20.3. The van der Waals surface area contributed by atoms with Crippen LogP contribution in [0.15, 0.2) is 77.8 Å². The van der Waals surface area contributed by atoms with E-state index in [0.717, 1.165) is 26.7 Å². The molecule has 0 aliphatic carbocycles. The van der Waals surface area contributed by atoms with Gasteiger partial charge < -0.3 is 25.4 Å². The van der Waals surface area contributed by atoms with Gasteiger partial charge in [-0.05, 0) is 42.7 Å². The van der Waals surface area contributed by atoms with Crippen molar-refractivity contribution in [3.63, 3.8) is 0 Å². The minimum Gasteiger partial charge on any atom is -0.444 e. The first-order valence-electron chi connectivity index (χ1n) is 17.0. The second-order valence-electron chi connectivity index (χ2n) is 12.9. The molecule has 4 rings (SSSR count). The molecule has 0 saturated heterocycles. The monoisotopic (exact) mass is 730 g/mol. The number of aliphatic hydroxyl groups is 1. The number of benzene rings is 2. The molecule has 3 amide bonds. The molecule has 2 heterocycles. The van der Waals surface area contributed by atoms with Crippen LogP contribution in [0.1, 0.15) is 72.2 Å². The highest BCUT2D eigenvalue weighted by Crippen LogP contribution is 2.23. The van der Waals surface area contributed by atoms with Crippen LogP contribution in [0, 0.1) is 17.2 Å². The summed E-state index contributed by atoms with van der Waals surface area (Å²) in [5.74, 6) is -0.165. The molecule has 270 valence electrons. The van der Waals surface area contributed by atoms with Crippen LogP contribution in [-0.2, 0) is 35.5 Å². The normalized spacial score (nSPS) is 13.4. The maximum atomic E-state index is 13.9. The number of carbonyl (C=O) groups excluding carboxylic acids is 3. The molecule has 0 fully saturated rings. The summed E-state index contributed by atoms with van der Waals surface area (Å²) in [6.45, 7) is 4.48. The first-order chi connectivity index (χ1) is 24.6. The summed E-state index contributed by atoms with van der Waals surface area (Å²) in [6.07, 6.45) is 1.86. The van der Waals surface area contributed by atoms with E-state index in [1.807, 2.05) is 66.0 Å². The number of aromatic nitrogens is 2. The lowest BCUT2D eigenvalue weighted by Gasteiger charge is -2.26. The van der Waals surface area contributed by atoms with Gasteiger partial charge >= 0.3 is 12.1 Å². The van der Waals surface area contributed by atoms with Crippen LogP contribution < -0.4 is 10.6 Å². The zero-order valence-corrected chi connectivity index (χ0v) is 30.9. The first-order valence-corrected chi connectivity index (χ1v) is 18.8. The summed E-state index contributed by atoms with van der Waals surface area (Å²) in [7, 11) is 1.62. The van der Waals surface area contributed by atoms with Gasteiger partial charge in [-0.25, -0.2) is 14.6 Å². The molecule has 2 aromatic carbocycles. The van der Waals surface area contributed by atoms with Crippen molar-refractivity contribution in [2.24, 2.45) is 5.92 Å². The van der Waals surface area contributed by atoms with Gasteiger partial charge in [0.05, 0.1) is 39.7 Å². The van der Waals surface area contributed by atoms with Crippen molar-refractivity contribution in [2.75, 3.05) is 7.05 Å². The SMILES string of the molecule is CC(C)c1nc(CN(C)C(=O)N[C@@H](CC(O)C#N)C(=O)C[C@H](CC[C@H](Cc2ccccc2)NC(=O)OCc2cncs2)Cc2ccccc2)cs1.